The summed E-state index contributed by atoms with van der Waals surface area (Å²) in [7, 11) is -4.76. The van der Waals surface area contributed by atoms with Gasteiger partial charge in [-0.1, -0.05) is 301 Å². The second-order valence-electron chi connectivity index (χ2n) is 22.6. The molecule has 0 aromatic heterocycles. The molecule has 0 spiro atoms. The van der Waals surface area contributed by atoms with Crippen LogP contribution < -0.4 is 0 Å². The van der Waals surface area contributed by atoms with E-state index in [0.717, 1.165) is 77.0 Å². The van der Waals surface area contributed by atoms with Gasteiger partial charge in [0.15, 0.2) is 6.10 Å². The van der Waals surface area contributed by atoms with Gasteiger partial charge in [-0.05, 0) is 57.8 Å². The largest absolute Gasteiger partial charge is 0.472 e. The van der Waals surface area contributed by atoms with E-state index in [2.05, 4.69) is 69.4 Å². The molecular formula is C68H125O11P. The lowest BCUT2D eigenvalue weighted by atomic mass is 10.0. The number of allylic oxidation sites excluding steroid dienone is 8. The van der Waals surface area contributed by atoms with Crippen LogP contribution in [-0.4, -0.2) is 66.5 Å². The van der Waals surface area contributed by atoms with Crippen molar-refractivity contribution in [2.45, 2.75) is 341 Å². The molecule has 0 heterocycles. The van der Waals surface area contributed by atoms with Crippen molar-refractivity contribution in [1.82, 2.24) is 0 Å². The van der Waals surface area contributed by atoms with Crippen LogP contribution in [0.1, 0.15) is 329 Å². The van der Waals surface area contributed by atoms with Gasteiger partial charge in [0.05, 0.1) is 19.8 Å². The zero-order valence-corrected chi connectivity index (χ0v) is 53.0. The summed E-state index contributed by atoms with van der Waals surface area (Å²) in [4.78, 5) is 48.8. The third-order valence-electron chi connectivity index (χ3n) is 14.8. The third kappa shape index (κ3) is 60.0. The van der Waals surface area contributed by atoms with Gasteiger partial charge >= 0.3 is 25.7 Å². The summed E-state index contributed by atoms with van der Waals surface area (Å²) in [6, 6.07) is 0. The molecule has 0 fully saturated rings. The zero-order chi connectivity index (χ0) is 58.3. The molecular weight excluding hydrogens is 1020 g/mol. The van der Waals surface area contributed by atoms with Crippen molar-refractivity contribution in [1.29, 1.82) is 0 Å². The van der Waals surface area contributed by atoms with E-state index in [9.17, 15) is 28.9 Å². The van der Waals surface area contributed by atoms with E-state index in [1.54, 1.807) is 0 Å². The van der Waals surface area contributed by atoms with Crippen LogP contribution in [0.25, 0.3) is 0 Å². The SMILES string of the molecule is CC/C=C\C/C=C\C/C=C\C/C=C\CCCCC(=O)OC(CO)COP(=O)(O)OCC(COC(=O)CCCCCCCCCCCCCCCCCCCCC)OC(=O)CCCCCCCCCCCCCCCCCCCCC. The molecule has 0 aliphatic heterocycles. The lowest BCUT2D eigenvalue weighted by Gasteiger charge is -2.21. The van der Waals surface area contributed by atoms with Crippen LogP contribution in [0.5, 0.6) is 0 Å². The Balaban J connectivity index is 4.68. The van der Waals surface area contributed by atoms with Crippen molar-refractivity contribution >= 4 is 25.7 Å². The average molecular weight is 1150 g/mol. The molecule has 12 heteroatoms. The first-order valence-corrected chi connectivity index (χ1v) is 35.0. The molecule has 0 aromatic rings. The molecule has 0 bridgehead atoms. The fraction of sp³-hybridized carbons (Fsp3) is 0.838. The Bertz CT molecular complexity index is 1530. The highest BCUT2D eigenvalue weighted by molar-refractivity contribution is 7.47. The van der Waals surface area contributed by atoms with Gasteiger partial charge in [0.1, 0.15) is 12.7 Å². The van der Waals surface area contributed by atoms with Crippen molar-refractivity contribution < 1.29 is 52.2 Å². The van der Waals surface area contributed by atoms with Gasteiger partial charge in [-0.15, -0.1) is 0 Å². The Morgan fingerprint density at radius 3 is 1.00 bits per heavy atom. The lowest BCUT2D eigenvalue weighted by molar-refractivity contribution is -0.161. The standard InChI is InChI=1S/C68H125O11P/c1-4-7-10-13-16-19-22-25-28-30-32-34-37-39-42-45-48-51-54-57-66(70)75-61-65(79-68(72)59-56-53-50-47-44-41-38-35-33-31-29-26-23-20-17-14-11-8-5-2)63-77-80(73,74)76-62-64(60-69)78-67(71)58-55-52-49-46-43-40-36-27-24-21-18-15-12-9-6-3/h9,12,18,21,27,36,43,46,64-65,69H,4-8,10-11,13-17,19-20,22-26,28-35,37-42,44-45,47-63H2,1-3H3,(H,73,74)/b12-9-,21-18-,36-27-,46-43-. The molecule has 2 N–H and O–H groups in total. The van der Waals surface area contributed by atoms with E-state index in [1.165, 1.54) is 193 Å². The monoisotopic (exact) mass is 1150 g/mol. The number of rotatable bonds is 63. The van der Waals surface area contributed by atoms with Crippen LogP contribution in [0.2, 0.25) is 0 Å². The first kappa shape index (κ1) is 77.4. The number of unbranched alkanes of at least 4 members (excludes halogenated alkanes) is 38. The van der Waals surface area contributed by atoms with Gasteiger partial charge in [-0.2, -0.15) is 0 Å². The molecule has 0 aliphatic carbocycles. The van der Waals surface area contributed by atoms with Crippen molar-refractivity contribution in [3.63, 3.8) is 0 Å². The summed E-state index contributed by atoms with van der Waals surface area (Å²) in [5.41, 5.74) is 0. The molecule has 0 saturated heterocycles. The molecule has 0 amide bonds. The highest BCUT2D eigenvalue weighted by Gasteiger charge is 2.28. The van der Waals surface area contributed by atoms with E-state index in [4.69, 9.17) is 23.3 Å². The molecule has 0 aromatic carbocycles. The summed E-state index contributed by atoms with van der Waals surface area (Å²) in [6.07, 6.45) is 69.3. The number of carbonyl (C=O) groups is 3. The minimum Gasteiger partial charge on any atom is -0.462 e. The Hall–Kier alpha value is -2.56. The van der Waals surface area contributed by atoms with Gasteiger partial charge in [-0.3, -0.25) is 23.4 Å². The predicted molar refractivity (Wildman–Crippen MR) is 335 cm³/mol. The number of esters is 3. The molecule has 11 nitrogen and oxygen atoms in total. The molecule has 0 radical (unpaired) electrons. The second-order valence-corrected chi connectivity index (χ2v) is 24.1. The maximum Gasteiger partial charge on any atom is 0.472 e. The van der Waals surface area contributed by atoms with E-state index >= 15 is 0 Å². The zero-order valence-electron chi connectivity index (χ0n) is 52.1. The number of hydrogen-bond donors (Lipinski definition) is 2. The minimum atomic E-state index is -4.76. The topological polar surface area (TPSA) is 155 Å². The first-order valence-electron chi connectivity index (χ1n) is 33.5. The summed E-state index contributed by atoms with van der Waals surface area (Å²) in [6.45, 7) is 4.57. The quantitative estimate of drug-likeness (QED) is 0.0197. The smallest absolute Gasteiger partial charge is 0.462 e. The Morgan fingerprint density at radius 1 is 0.362 bits per heavy atom. The number of phosphoric ester groups is 1. The van der Waals surface area contributed by atoms with Gasteiger partial charge in [0.2, 0.25) is 0 Å². The summed E-state index contributed by atoms with van der Waals surface area (Å²) >= 11 is 0. The molecule has 0 aliphatic rings. The number of aliphatic hydroxyl groups is 1. The molecule has 80 heavy (non-hydrogen) atoms. The minimum absolute atomic E-state index is 0.127. The number of carbonyl (C=O) groups excluding carboxylic acids is 3. The van der Waals surface area contributed by atoms with Crippen LogP contribution in [0.3, 0.4) is 0 Å². The Labute approximate surface area is 492 Å². The van der Waals surface area contributed by atoms with Gasteiger partial charge in [-0.25, -0.2) is 4.57 Å². The number of ether oxygens (including phenoxy) is 3. The van der Waals surface area contributed by atoms with E-state index in [-0.39, 0.29) is 25.9 Å². The maximum atomic E-state index is 13.0. The van der Waals surface area contributed by atoms with Crippen molar-refractivity contribution in [3.05, 3.63) is 48.6 Å². The van der Waals surface area contributed by atoms with Gasteiger partial charge in [0.25, 0.3) is 0 Å². The summed E-state index contributed by atoms with van der Waals surface area (Å²) in [5, 5.41) is 9.84. The maximum absolute atomic E-state index is 13.0. The van der Waals surface area contributed by atoms with Crippen LogP contribution >= 0.6 is 7.82 Å². The molecule has 3 atom stereocenters. The lowest BCUT2D eigenvalue weighted by Crippen LogP contribution is -2.30. The normalized spacial score (nSPS) is 13.5. The number of phosphoric acid groups is 1. The van der Waals surface area contributed by atoms with Crippen molar-refractivity contribution in [2.75, 3.05) is 26.4 Å². The van der Waals surface area contributed by atoms with Crippen molar-refractivity contribution in [3.8, 4) is 0 Å². The molecule has 0 saturated carbocycles. The number of hydrogen-bond acceptors (Lipinski definition) is 10. The number of aliphatic hydroxyl groups excluding tert-OH is 1. The predicted octanol–water partition coefficient (Wildman–Crippen LogP) is 20.5. The highest BCUT2D eigenvalue weighted by atomic mass is 31.2. The molecule has 468 valence electrons. The fourth-order valence-electron chi connectivity index (χ4n) is 9.70. The average Bonchev–Trinajstić information content (AvgIpc) is 3.45. The van der Waals surface area contributed by atoms with Crippen LogP contribution in [0, 0.1) is 0 Å². The van der Waals surface area contributed by atoms with Crippen molar-refractivity contribution in [2.24, 2.45) is 0 Å². The van der Waals surface area contributed by atoms with Crippen LogP contribution in [0.15, 0.2) is 48.6 Å². The summed E-state index contributed by atoms with van der Waals surface area (Å²) < 4.78 is 39.7. The highest BCUT2D eigenvalue weighted by Crippen LogP contribution is 2.43. The molecule has 0 rings (SSSR count). The Kier molecular flexibility index (Phi) is 60.5. The van der Waals surface area contributed by atoms with E-state index in [0.29, 0.717) is 19.3 Å². The van der Waals surface area contributed by atoms with Crippen LogP contribution in [0.4, 0.5) is 0 Å². The first-order chi connectivity index (χ1) is 39.2. The van der Waals surface area contributed by atoms with Gasteiger partial charge < -0.3 is 24.2 Å². The van der Waals surface area contributed by atoms with E-state index in [1.807, 2.05) is 0 Å². The van der Waals surface area contributed by atoms with Crippen LogP contribution in [-0.2, 0) is 42.2 Å². The van der Waals surface area contributed by atoms with Gasteiger partial charge in [0, 0.05) is 19.3 Å². The second kappa shape index (κ2) is 62.5. The third-order valence-corrected chi connectivity index (χ3v) is 15.7. The van der Waals surface area contributed by atoms with E-state index < -0.39 is 57.8 Å². The summed E-state index contributed by atoms with van der Waals surface area (Å²) in [5.74, 6) is -1.48. The Morgan fingerprint density at radius 2 is 0.650 bits per heavy atom. The molecule has 3 unspecified atom stereocenters. The fourth-order valence-corrected chi connectivity index (χ4v) is 10.5.